The Morgan fingerprint density at radius 2 is 2.28 bits per heavy atom. The maximum absolute atomic E-state index is 12.0. The molecule has 0 spiro atoms. The minimum Gasteiger partial charge on any atom is -0.381 e. The number of anilines is 1. The lowest BCUT2D eigenvalue weighted by molar-refractivity contribution is 0.581. The van der Waals surface area contributed by atoms with Crippen LogP contribution in [0.25, 0.3) is 0 Å². The lowest BCUT2D eigenvalue weighted by atomic mass is 10.6. The van der Waals surface area contributed by atoms with Gasteiger partial charge in [-0.25, -0.2) is 18.1 Å². The smallest absolute Gasteiger partial charge is 0.246 e. The number of rotatable bonds is 4. The Labute approximate surface area is 109 Å². The van der Waals surface area contributed by atoms with Gasteiger partial charge in [0.25, 0.3) is 0 Å². The molecule has 0 saturated carbocycles. The van der Waals surface area contributed by atoms with E-state index in [0.29, 0.717) is 5.01 Å². The van der Waals surface area contributed by atoms with Gasteiger partial charge in [-0.3, -0.25) is 4.68 Å². The topological polar surface area (TPSA) is 103 Å². The highest BCUT2D eigenvalue weighted by Crippen LogP contribution is 2.16. The van der Waals surface area contributed by atoms with E-state index in [4.69, 9.17) is 5.73 Å². The second-order valence-corrected chi connectivity index (χ2v) is 6.80. The third-order valence-electron chi connectivity index (χ3n) is 2.19. The van der Waals surface area contributed by atoms with E-state index in [2.05, 4.69) is 14.8 Å². The standard InChI is InChI=1S/C9H13N5O2S2/c1-6-3-11-8(17-6)4-12-18(15,16)7-5-14(2)13-9(7)10/h3,5,12H,4H2,1-2H3,(H2,10,13). The van der Waals surface area contributed by atoms with E-state index in [-0.39, 0.29) is 17.3 Å². The monoisotopic (exact) mass is 287 g/mol. The van der Waals surface area contributed by atoms with Gasteiger partial charge in [-0.1, -0.05) is 0 Å². The molecule has 0 bridgehead atoms. The molecular weight excluding hydrogens is 274 g/mol. The fourth-order valence-electron chi connectivity index (χ4n) is 1.41. The molecule has 0 saturated heterocycles. The van der Waals surface area contributed by atoms with Crippen LogP contribution in [0.2, 0.25) is 0 Å². The fourth-order valence-corrected chi connectivity index (χ4v) is 3.32. The van der Waals surface area contributed by atoms with Crippen LogP contribution in [0.4, 0.5) is 5.82 Å². The predicted molar refractivity (Wildman–Crippen MR) is 68.5 cm³/mol. The summed E-state index contributed by atoms with van der Waals surface area (Å²) in [6, 6.07) is 0. The number of aryl methyl sites for hydroxylation is 2. The summed E-state index contributed by atoms with van der Waals surface area (Å²) in [6.45, 7) is 2.06. The summed E-state index contributed by atoms with van der Waals surface area (Å²) in [5.41, 5.74) is 5.54. The number of nitrogens with two attached hydrogens (primary N) is 1. The van der Waals surface area contributed by atoms with E-state index in [1.165, 1.54) is 22.2 Å². The van der Waals surface area contributed by atoms with Gasteiger partial charge in [0.05, 0.1) is 6.54 Å². The molecular formula is C9H13N5O2S2. The van der Waals surface area contributed by atoms with Gasteiger partial charge in [0.15, 0.2) is 5.82 Å². The van der Waals surface area contributed by atoms with Crippen molar-refractivity contribution in [3.8, 4) is 0 Å². The first-order valence-corrected chi connectivity index (χ1v) is 7.38. The van der Waals surface area contributed by atoms with Crippen LogP contribution in [0.5, 0.6) is 0 Å². The Kier molecular flexibility index (Phi) is 3.37. The first kappa shape index (κ1) is 13.0. The minimum absolute atomic E-state index is 0.0136. The van der Waals surface area contributed by atoms with E-state index in [9.17, 15) is 8.42 Å². The molecule has 3 N–H and O–H groups in total. The van der Waals surface area contributed by atoms with Crippen LogP contribution in [-0.4, -0.2) is 23.2 Å². The molecule has 0 atom stereocenters. The van der Waals surface area contributed by atoms with Gasteiger partial charge in [-0.05, 0) is 6.92 Å². The van der Waals surface area contributed by atoms with Gasteiger partial charge >= 0.3 is 0 Å². The molecule has 98 valence electrons. The van der Waals surface area contributed by atoms with Crippen molar-refractivity contribution in [2.75, 3.05) is 5.73 Å². The molecule has 0 aromatic carbocycles. The van der Waals surface area contributed by atoms with Gasteiger partial charge < -0.3 is 5.73 Å². The molecule has 0 aliphatic carbocycles. The third kappa shape index (κ3) is 2.68. The Morgan fingerprint density at radius 1 is 1.56 bits per heavy atom. The normalized spacial score (nSPS) is 11.9. The highest BCUT2D eigenvalue weighted by atomic mass is 32.2. The van der Waals surface area contributed by atoms with Crippen LogP contribution in [0.3, 0.4) is 0 Å². The molecule has 0 unspecified atom stereocenters. The number of thiazole rings is 1. The Balaban J connectivity index is 2.15. The average molecular weight is 287 g/mol. The summed E-state index contributed by atoms with van der Waals surface area (Å²) < 4.78 is 27.8. The van der Waals surface area contributed by atoms with E-state index >= 15 is 0 Å². The maximum atomic E-state index is 12.0. The van der Waals surface area contributed by atoms with E-state index < -0.39 is 10.0 Å². The SMILES string of the molecule is Cc1cnc(CNS(=O)(=O)c2cn(C)nc2N)s1. The zero-order valence-electron chi connectivity index (χ0n) is 9.91. The van der Waals surface area contributed by atoms with Crippen LogP contribution < -0.4 is 10.5 Å². The van der Waals surface area contributed by atoms with Crippen LogP contribution in [0, 0.1) is 6.92 Å². The first-order chi connectivity index (χ1) is 8.38. The van der Waals surface area contributed by atoms with Gasteiger partial charge in [-0.2, -0.15) is 5.10 Å². The molecule has 0 fully saturated rings. The van der Waals surface area contributed by atoms with E-state index in [1.807, 2.05) is 6.92 Å². The Morgan fingerprint density at radius 3 is 2.78 bits per heavy atom. The highest BCUT2D eigenvalue weighted by Gasteiger charge is 2.20. The van der Waals surface area contributed by atoms with E-state index in [0.717, 1.165) is 4.88 Å². The molecule has 0 aliphatic rings. The van der Waals surface area contributed by atoms with Crippen molar-refractivity contribution in [3.05, 3.63) is 22.3 Å². The number of nitrogen functional groups attached to an aromatic ring is 1. The fraction of sp³-hybridized carbons (Fsp3) is 0.333. The summed E-state index contributed by atoms with van der Waals surface area (Å²) in [6.07, 6.45) is 3.07. The largest absolute Gasteiger partial charge is 0.381 e. The number of hydrogen-bond acceptors (Lipinski definition) is 6. The molecule has 7 nitrogen and oxygen atoms in total. The van der Waals surface area contributed by atoms with Crippen LogP contribution in [0.1, 0.15) is 9.88 Å². The van der Waals surface area contributed by atoms with Gasteiger partial charge in [0.1, 0.15) is 9.90 Å². The molecule has 2 heterocycles. The molecule has 2 aromatic heterocycles. The third-order valence-corrected chi connectivity index (χ3v) is 4.52. The second-order valence-electron chi connectivity index (χ2n) is 3.74. The van der Waals surface area contributed by atoms with Crippen molar-refractivity contribution in [2.45, 2.75) is 18.4 Å². The van der Waals surface area contributed by atoms with E-state index in [1.54, 1.807) is 13.2 Å². The van der Waals surface area contributed by atoms with Gasteiger partial charge in [-0.15, -0.1) is 11.3 Å². The number of nitrogens with one attached hydrogen (secondary N) is 1. The summed E-state index contributed by atoms with van der Waals surface area (Å²) in [5.74, 6) is -0.0136. The Hall–Kier alpha value is -1.45. The lowest BCUT2D eigenvalue weighted by Gasteiger charge is -2.02. The van der Waals surface area contributed by atoms with Crippen molar-refractivity contribution in [3.63, 3.8) is 0 Å². The summed E-state index contributed by atoms with van der Waals surface area (Å²) in [4.78, 5) is 5.10. The van der Waals surface area contributed by atoms with Crippen LogP contribution in [0.15, 0.2) is 17.3 Å². The van der Waals surface area contributed by atoms with Crippen molar-refractivity contribution in [1.82, 2.24) is 19.5 Å². The zero-order valence-corrected chi connectivity index (χ0v) is 11.5. The lowest BCUT2D eigenvalue weighted by Crippen LogP contribution is -2.23. The molecule has 18 heavy (non-hydrogen) atoms. The highest BCUT2D eigenvalue weighted by molar-refractivity contribution is 7.89. The molecule has 2 aromatic rings. The molecule has 0 radical (unpaired) electrons. The minimum atomic E-state index is -3.65. The molecule has 2 rings (SSSR count). The van der Waals surface area contributed by atoms with Crippen molar-refractivity contribution >= 4 is 27.2 Å². The zero-order chi connectivity index (χ0) is 13.3. The van der Waals surface area contributed by atoms with Crippen molar-refractivity contribution in [1.29, 1.82) is 0 Å². The quantitative estimate of drug-likeness (QED) is 0.839. The van der Waals surface area contributed by atoms with Gasteiger partial charge in [0.2, 0.25) is 10.0 Å². The summed E-state index contributed by atoms with van der Waals surface area (Å²) in [5, 5.41) is 4.51. The van der Waals surface area contributed by atoms with Crippen LogP contribution >= 0.6 is 11.3 Å². The molecule has 0 aliphatic heterocycles. The summed E-state index contributed by atoms with van der Waals surface area (Å²) in [7, 11) is -2.04. The maximum Gasteiger partial charge on any atom is 0.246 e. The number of aromatic nitrogens is 3. The predicted octanol–water partition coefficient (Wildman–Crippen LogP) is 0.246. The van der Waals surface area contributed by atoms with Gasteiger partial charge in [0, 0.05) is 24.3 Å². The number of sulfonamides is 1. The molecule has 0 amide bonds. The second kappa shape index (κ2) is 4.67. The number of nitrogens with zero attached hydrogens (tertiary/aromatic N) is 3. The van der Waals surface area contributed by atoms with Crippen molar-refractivity contribution < 1.29 is 8.42 Å². The van der Waals surface area contributed by atoms with Crippen molar-refractivity contribution in [2.24, 2.45) is 7.05 Å². The number of hydrogen-bond donors (Lipinski definition) is 2. The molecule has 9 heteroatoms. The average Bonchev–Trinajstić information content (AvgIpc) is 2.82. The Bertz CT molecular complexity index is 658. The summed E-state index contributed by atoms with van der Waals surface area (Å²) >= 11 is 1.44. The van der Waals surface area contributed by atoms with Crippen LogP contribution in [-0.2, 0) is 23.6 Å². The first-order valence-electron chi connectivity index (χ1n) is 5.08.